The Labute approximate surface area is 136 Å². The molecule has 0 heterocycles. The van der Waals surface area contributed by atoms with E-state index in [9.17, 15) is 4.79 Å². The molecule has 0 spiro atoms. The Morgan fingerprint density at radius 3 is 2.45 bits per heavy atom. The second-order valence-corrected chi connectivity index (χ2v) is 6.20. The van der Waals surface area contributed by atoms with Gasteiger partial charge in [0.1, 0.15) is 0 Å². The molecule has 0 aliphatic carbocycles. The van der Waals surface area contributed by atoms with Gasteiger partial charge in [-0.3, -0.25) is 4.79 Å². The van der Waals surface area contributed by atoms with Crippen LogP contribution in [0.25, 0.3) is 0 Å². The molecule has 0 radical (unpaired) electrons. The van der Waals surface area contributed by atoms with E-state index >= 15 is 0 Å². The maximum absolute atomic E-state index is 12.3. The molecule has 116 valence electrons. The van der Waals surface area contributed by atoms with Crippen molar-refractivity contribution in [1.29, 1.82) is 0 Å². The lowest BCUT2D eigenvalue weighted by Gasteiger charge is -2.23. The zero-order chi connectivity index (χ0) is 16.1. The highest BCUT2D eigenvalue weighted by Crippen LogP contribution is 2.23. The Hall–Kier alpha value is -2.00. The number of halogens is 1. The van der Waals surface area contributed by atoms with E-state index in [4.69, 9.17) is 17.3 Å². The molecule has 1 atom stereocenters. The number of amides is 1. The highest BCUT2D eigenvalue weighted by atomic mass is 35.5. The normalized spacial score (nSPS) is 12.2. The Bertz CT molecular complexity index is 638. The van der Waals surface area contributed by atoms with E-state index in [0.717, 1.165) is 11.1 Å². The summed E-state index contributed by atoms with van der Waals surface area (Å²) in [5.74, 6) is 0.269. The van der Waals surface area contributed by atoms with Crippen molar-refractivity contribution < 1.29 is 4.79 Å². The van der Waals surface area contributed by atoms with Crippen LogP contribution in [0, 0.1) is 5.92 Å². The molecule has 1 amide bonds. The summed E-state index contributed by atoms with van der Waals surface area (Å²) in [6.07, 6.45) is 0.321. The van der Waals surface area contributed by atoms with Crippen molar-refractivity contribution in [2.75, 3.05) is 5.73 Å². The Morgan fingerprint density at radius 2 is 1.86 bits per heavy atom. The number of benzene rings is 2. The monoisotopic (exact) mass is 316 g/mol. The summed E-state index contributed by atoms with van der Waals surface area (Å²) < 4.78 is 0. The third-order valence-electron chi connectivity index (χ3n) is 3.53. The summed E-state index contributed by atoms with van der Waals surface area (Å²) in [5.41, 5.74) is 8.38. The number of rotatable bonds is 5. The molecule has 0 saturated carbocycles. The van der Waals surface area contributed by atoms with Gasteiger partial charge in [-0.15, -0.1) is 0 Å². The van der Waals surface area contributed by atoms with Crippen molar-refractivity contribution in [2.45, 2.75) is 26.3 Å². The fourth-order valence-corrected chi connectivity index (χ4v) is 2.54. The fourth-order valence-electron chi connectivity index (χ4n) is 2.42. The molecule has 0 fully saturated rings. The predicted octanol–water partition coefficient (Wildman–Crippen LogP) is 3.98. The van der Waals surface area contributed by atoms with Crippen LogP contribution in [0.3, 0.4) is 0 Å². The van der Waals surface area contributed by atoms with Gasteiger partial charge in [-0.05, 0) is 41.3 Å². The molecule has 1 unspecified atom stereocenters. The first-order chi connectivity index (χ1) is 10.5. The predicted molar refractivity (Wildman–Crippen MR) is 91.7 cm³/mol. The molecule has 2 rings (SSSR count). The summed E-state index contributed by atoms with van der Waals surface area (Å²) in [4.78, 5) is 12.3. The van der Waals surface area contributed by atoms with Gasteiger partial charge in [0.05, 0.1) is 12.5 Å². The van der Waals surface area contributed by atoms with Gasteiger partial charge in [-0.1, -0.05) is 49.7 Å². The van der Waals surface area contributed by atoms with Crippen LogP contribution in [-0.2, 0) is 11.2 Å². The fraction of sp³-hybridized carbons (Fsp3) is 0.278. The molecule has 22 heavy (non-hydrogen) atoms. The van der Waals surface area contributed by atoms with E-state index < -0.39 is 0 Å². The number of carbonyl (C=O) groups is 1. The second-order valence-electron chi connectivity index (χ2n) is 5.76. The van der Waals surface area contributed by atoms with Gasteiger partial charge in [0, 0.05) is 10.7 Å². The highest BCUT2D eigenvalue weighted by molar-refractivity contribution is 6.30. The van der Waals surface area contributed by atoms with Crippen molar-refractivity contribution in [1.82, 2.24) is 5.32 Å². The summed E-state index contributed by atoms with van der Waals surface area (Å²) in [6, 6.07) is 15.0. The molecule has 3 N–H and O–H groups in total. The van der Waals surface area contributed by atoms with E-state index in [1.807, 2.05) is 48.5 Å². The van der Waals surface area contributed by atoms with Crippen molar-refractivity contribution in [3.8, 4) is 0 Å². The largest absolute Gasteiger partial charge is 0.399 e. The van der Waals surface area contributed by atoms with Gasteiger partial charge >= 0.3 is 0 Å². The van der Waals surface area contributed by atoms with Gasteiger partial charge in [-0.25, -0.2) is 0 Å². The number of nitrogens with one attached hydrogen (secondary N) is 1. The Morgan fingerprint density at radius 1 is 1.18 bits per heavy atom. The third-order valence-corrected chi connectivity index (χ3v) is 3.78. The zero-order valence-electron chi connectivity index (χ0n) is 12.8. The number of nitrogen functional groups attached to an aromatic ring is 1. The summed E-state index contributed by atoms with van der Waals surface area (Å²) in [6.45, 7) is 4.17. The van der Waals surface area contributed by atoms with Crippen molar-refractivity contribution in [3.63, 3.8) is 0 Å². The molecule has 0 saturated heterocycles. The molecule has 0 aliphatic heterocycles. The van der Waals surface area contributed by atoms with Crippen LogP contribution in [0.2, 0.25) is 5.02 Å². The van der Waals surface area contributed by atoms with E-state index in [-0.39, 0.29) is 17.9 Å². The first kappa shape index (κ1) is 16.4. The molecule has 0 aromatic heterocycles. The molecular weight excluding hydrogens is 296 g/mol. The van der Waals surface area contributed by atoms with Gasteiger partial charge in [-0.2, -0.15) is 0 Å². The molecule has 3 nitrogen and oxygen atoms in total. The first-order valence-corrected chi connectivity index (χ1v) is 7.72. The lowest BCUT2D eigenvalue weighted by Crippen LogP contribution is -2.32. The number of anilines is 1. The minimum Gasteiger partial charge on any atom is -0.399 e. The van der Waals surface area contributed by atoms with E-state index in [1.54, 1.807) is 0 Å². The minimum atomic E-state index is -0.0363. The van der Waals surface area contributed by atoms with Crippen LogP contribution in [0.4, 0.5) is 5.69 Å². The molecule has 0 aliphatic rings. The van der Waals surface area contributed by atoms with Crippen molar-refractivity contribution >= 4 is 23.2 Å². The molecule has 2 aromatic carbocycles. The van der Waals surface area contributed by atoms with Crippen LogP contribution in [0.5, 0.6) is 0 Å². The number of carbonyl (C=O) groups excluding carboxylic acids is 1. The number of nitrogens with two attached hydrogens (primary N) is 1. The van der Waals surface area contributed by atoms with Gasteiger partial charge in [0.25, 0.3) is 0 Å². The van der Waals surface area contributed by atoms with E-state index in [0.29, 0.717) is 17.1 Å². The Kier molecular flexibility index (Phi) is 5.45. The summed E-state index contributed by atoms with van der Waals surface area (Å²) >= 11 is 5.92. The van der Waals surface area contributed by atoms with Crippen LogP contribution in [-0.4, -0.2) is 5.91 Å². The third kappa shape index (κ3) is 4.50. The lowest BCUT2D eigenvalue weighted by atomic mass is 9.95. The van der Waals surface area contributed by atoms with Crippen LogP contribution in [0.1, 0.15) is 31.0 Å². The van der Waals surface area contributed by atoms with Crippen LogP contribution in [0.15, 0.2) is 48.5 Å². The average Bonchev–Trinajstić information content (AvgIpc) is 2.45. The van der Waals surface area contributed by atoms with Crippen molar-refractivity contribution in [3.05, 3.63) is 64.7 Å². The van der Waals surface area contributed by atoms with E-state index in [1.165, 1.54) is 0 Å². The van der Waals surface area contributed by atoms with Crippen LogP contribution < -0.4 is 11.1 Å². The van der Waals surface area contributed by atoms with Gasteiger partial charge < -0.3 is 11.1 Å². The molecule has 2 aromatic rings. The smallest absolute Gasteiger partial charge is 0.224 e. The summed E-state index contributed by atoms with van der Waals surface area (Å²) in [7, 11) is 0. The highest BCUT2D eigenvalue weighted by Gasteiger charge is 2.18. The number of hydrogen-bond acceptors (Lipinski definition) is 2. The van der Waals surface area contributed by atoms with Gasteiger partial charge in [0.15, 0.2) is 0 Å². The van der Waals surface area contributed by atoms with Gasteiger partial charge in [0.2, 0.25) is 5.91 Å². The standard InChI is InChI=1S/C18H21ClN2O/c1-12(2)18(14-6-8-15(19)9-7-14)21-17(22)11-13-4-3-5-16(20)10-13/h3-10,12,18H,11,20H2,1-2H3,(H,21,22). The molecule has 4 heteroatoms. The quantitative estimate of drug-likeness (QED) is 0.820. The molecular formula is C18H21ClN2O. The van der Waals surface area contributed by atoms with Crippen LogP contribution >= 0.6 is 11.6 Å². The number of hydrogen-bond donors (Lipinski definition) is 2. The maximum Gasteiger partial charge on any atom is 0.224 e. The maximum atomic E-state index is 12.3. The Balaban J connectivity index is 2.07. The topological polar surface area (TPSA) is 55.1 Å². The van der Waals surface area contributed by atoms with E-state index in [2.05, 4.69) is 19.2 Å². The molecule has 0 bridgehead atoms. The van der Waals surface area contributed by atoms with Crippen molar-refractivity contribution in [2.24, 2.45) is 5.92 Å². The minimum absolute atomic E-state index is 0.0146. The summed E-state index contributed by atoms with van der Waals surface area (Å²) in [5, 5.41) is 3.79. The first-order valence-electron chi connectivity index (χ1n) is 7.35. The second kappa shape index (κ2) is 7.32. The SMILES string of the molecule is CC(C)C(NC(=O)Cc1cccc(N)c1)c1ccc(Cl)cc1. The zero-order valence-corrected chi connectivity index (χ0v) is 13.6. The lowest BCUT2D eigenvalue weighted by molar-refractivity contribution is -0.121. The average molecular weight is 317 g/mol.